The molecule has 1 aromatic rings. The van der Waals surface area contributed by atoms with Gasteiger partial charge in [-0.05, 0) is 20.0 Å². The molecule has 0 saturated carbocycles. The molecule has 0 radical (unpaired) electrons. The standard InChI is InChI=1S/C15H25FN4/c1-11(2)17-8-13-7-14(16)9-18-15(13)20-6-5-19(4)10-12(20)3/h7,9,11-12,17H,5-6,8,10H2,1-4H3. The minimum atomic E-state index is -0.268. The number of anilines is 1. The fraction of sp³-hybridized carbons (Fsp3) is 0.667. The van der Waals surface area contributed by atoms with Crippen LogP contribution < -0.4 is 10.2 Å². The summed E-state index contributed by atoms with van der Waals surface area (Å²) in [6.07, 6.45) is 1.32. The Bertz CT molecular complexity index is 449. The molecule has 0 bridgehead atoms. The molecule has 0 aromatic carbocycles. The third kappa shape index (κ3) is 3.67. The molecule has 4 nitrogen and oxygen atoms in total. The zero-order valence-electron chi connectivity index (χ0n) is 12.9. The van der Waals surface area contributed by atoms with Crippen LogP contribution in [0.1, 0.15) is 26.3 Å². The summed E-state index contributed by atoms with van der Waals surface area (Å²) >= 11 is 0. The fourth-order valence-corrected chi connectivity index (χ4v) is 2.63. The Balaban J connectivity index is 2.21. The van der Waals surface area contributed by atoms with E-state index in [9.17, 15) is 4.39 Å². The van der Waals surface area contributed by atoms with Crippen LogP contribution in [0, 0.1) is 5.82 Å². The average Bonchev–Trinajstić information content (AvgIpc) is 2.37. The summed E-state index contributed by atoms with van der Waals surface area (Å²) in [6, 6.07) is 2.36. The van der Waals surface area contributed by atoms with Crippen LogP contribution in [0.4, 0.5) is 10.2 Å². The number of nitrogens with one attached hydrogen (secondary N) is 1. The summed E-state index contributed by atoms with van der Waals surface area (Å²) < 4.78 is 13.5. The Morgan fingerprint density at radius 1 is 1.45 bits per heavy atom. The lowest BCUT2D eigenvalue weighted by Crippen LogP contribution is -2.51. The molecule has 1 unspecified atom stereocenters. The number of aromatic nitrogens is 1. The number of nitrogens with zero attached hydrogens (tertiary/aromatic N) is 3. The molecule has 2 heterocycles. The van der Waals surface area contributed by atoms with E-state index in [0.29, 0.717) is 18.6 Å². The molecule has 20 heavy (non-hydrogen) atoms. The van der Waals surface area contributed by atoms with Gasteiger partial charge in [-0.25, -0.2) is 9.37 Å². The lowest BCUT2D eigenvalue weighted by molar-refractivity contribution is 0.274. The van der Waals surface area contributed by atoms with Crippen LogP contribution in [0.2, 0.25) is 0 Å². The Labute approximate surface area is 121 Å². The summed E-state index contributed by atoms with van der Waals surface area (Å²) in [6.45, 7) is 9.98. The molecule has 1 fully saturated rings. The van der Waals surface area contributed by atoms with Crippen molar-refractivity contribution >= 4 is 5.82 Å². The van der Waals surface area contributed by atoms with Gasteiger partial charge in [0.15, 0.2) is 0 Å². The predicted octanol–water partition coefficient (Wildman–Crippen LogP) is 1.86. The largest absolute Gasteiger partial charge is 0.351 e. The third-order valence-electron chi connectivity index (χ3n) is 3.71. The smallest absolute Gasteiger partial charge is 0.141 e. The van der Waals surface area contributed by atoms with Crippen LogP contribution in [0.5, 0.6) is 0 Å². The van der Waals surface area contributed by atoms with Gasteiger partial charge in [0.05, 0.1) is 6.20 Å². The van der Waals surface area contributed by atoms with Crippen molar-refractivity contribution in [3.8, 4) is 0 Å². The Morgan fingerprint density at radius 2 is 2.20 bits per heavy atom. The summed E-state index contributed by atoms with van der Waals surface area (Å²) in [5.41, 5.74) is 0.940. The predicted molar refractivity (Wildman–Crippen MR) is 80.5 cm³/mol. The van der Waals surface area contributed by atoms with Crippen LogP contribution in [-0.2, 0) is 6.54 Å². The molecule has 2 rings (SSSR count). The van der Waals surface area contributed by atoms with Gasteiger partial charge in [-0.2, -0.15) is 0 Å². The molecule has 1 saturated heterocycles. The normalized spacial score (nSPS) is 20.7. The van der Waals surface area contributed by atoms with Crippen molar-refractivity contribution in [1.82, 2.24) is 15.2 Å². The van der Waals surface area contributed by atoms with E-state index in [1.807, 2.05) is 0 Å². The zero-order chi connectivity index (χ0) is 14.7. The monoisotopic (exact) mass is 280 g/mol. The lowest BCUT2D eigenvalue weighted by atomic mass is 10.1. The highest BCUT2D eigenvalue weighted by Crippen LogP contribution is 2.23. The number of rotatable bonds is 4. The van der Waals surface area contributed by atoms with Crippen molar-refractivity contribution in [2.45, 2.75) is 39.4 Å². The van der Waals surface area contributed by atoms with Crippen LogP contribution >= 0.6 is 0 Å². The van der Waals surface area contributed by atoms with Crippen molar-refractivity contribution in [2.75, 3.05) is 31.6 Å². The van der Waals surface area contributed by atoms with Gasteiger partial charge >= 0.3 is 0 Å². The molecule has 5 heteroatoms. The van der Waals surface area contributed by atoms with E-state index in [2.05, 4.69) is 47.9 Å². The molecule has 1 atom stereocenters. The van der Waals surface area contributed by atoms with Crippen LogP contribution in [0.25, 0.3) is 0 Å². The number of halogens is 1. The third-order valence-corrected chi connectivity index (χ3v) is 3.71. The first-order valence-electron chi connectivity index (χ1n) is 7.30. The van der Waals surface area contributed by atoms with Gasteiger partial charge in [-0.3, -0.25) is 0 Å². The van der Waals surface area contributed by atoms with E-state index in [1.165, 1.54) is 6.20 Å². The topological polar surface area (TPSA) is 31.4 Å². The first-order chi connectivity index (χ1) is 9.47. The van der Waals surface area contributed by atoms with E-state index in [1.54, 1.807) is 6.07 Å². The van der Waals surface area contributed by atoms with E-state index in [4.69, 9.17) is 0 Å². The first kappa shape index (κ1) is 15.2. The van der Waals surface area contributed by atoms with Crippen molar-refractivity contribution in [1.29, 1.82) is 0 Å². The quantitative estimate of drug-likeness (QED) is 0.912. The van der Waals surface area contributed by atoms with Crippen LogP contribution in [0.3, 0.4) is 0 Å². The SMILES string of the molecule is CC(C)NCc1cc(F)cnc1N1CCN(C)CC1C. The molecule has 0 spiro atoms. The van der Waals surface area contributed by atoms with Crippen molar-refractivity contribution in [3.05, 3.63) is 23.6 Å². The van der Waals surface area contributed by atoms with E-state index in [0.717, 1.165) is 31.0 Å². The van der Waals surface area contributed by atoms with Crippen molar-refractivity contribution < 1.29 is 4.39 Å². The van der Waals surface area contributed by atoms with Gasteiger partial charge < -0.3 is 15.1 Å². The second kappa shape index (κ2) is 6.50. The Hall–Kier alpha value is -1.20. The first-order valence-corrected chi connectivity index (χ1v) is 7.30. The van der Waals surface area contributed by atoms with Crippen molar-refractivity contribution in [2.24, 2.45) is 0 Å². The molecular weight excluding hydrogens is 255 g/mol. The van der Waals surface area contributed by atoms with Gasteiger partial charge in [-0.15, -0.1) is 0 Å². The minimum absolute atomic E-state index is 0.268. The van der Waals surface area contributed by atoms with E-state index < -0.39 is 0 Å². The highest BCUT2D eigenvalue weighted by atomic mass is 19.1. The summed E-state index contributed by atoms with van der Waals surface area (Å²) in [4.78, 5) is 8.95. The number of likely N-dealkylation sites (N-methyl/N-ethyl adjacent to an activating group) is 1. The minimum Gasteiger partial charge on any atom is -0.351 e. The highest BCUT2D eigenvalue weighted by Gasteiger charge is 2.24. The highest BCUT2D eigenvalue weighted by molar-refractivity contribution is 5.48. The summed E-state index contributed by atoms with van der Waals surface area (Å²) in [5.74, 6) is 0.649. The number of piperazine rings is 1. The summed E-state index contributed by atoms with van der Waals surface area (Å²) in [7, 11) is 2.13. The maximum Gasteiger partial charge on any atom is 0.141 e. The van der Waals surface area contributed by atoms with Gasteiger partial charge in [0.25, 0.3) is 0 Å². The molecule has 112 valence electrons. The van der Waals surface area contributed by atoms with E-state index >= 15 is 0 Å². The lowest BCUT2D eigenvalue weighted by Gasteiger charge is -2.39. The van der Waals surface area contributed by atoms with Gasteiger partial charge in [0.1, 0.15) is 11.6 Å². The average molecular weight is 280 g/mol. The molecular formula is C15H25FN4. The van der Waals surface area contributed by atoms with Crippen LogP contribution in [0.15, 0.2) is 12.3 Å². The van der Waals surface area contributed by atoms with Crippen molar-refractivity contribution in [3.63, 3.8) is 0 Å². The maximum atomic E-state index is 13.5. The molecule has 0 amide bonds. The number of pyridine rings is 1. The second-order valence-electron chi connectivity index (χ2n) is 5.98. The Morgan fingerprint density at radius 3 is 2.85 bits per heavy atom. The molecule has 1 N–H and O–H groups in total. The summed E-state index contributed by atoms with van der Waals surface area (Å²) in [5, 5.41) is 3.35. The van der Waals surface area contributed by atoms with Crippen LogP contribution in [-0.4, -0.2) is 48.6 Å². The fourth-order valence-electron chi connectivity index (χ4n) is 2.63. The second-order valence-corrected chi connectivity index (χ2v) is 5.98. The van der Waals surface area contributed by atoms with Gasteiger partial charge in [-0.1, -0.05) is 13.8 Å². The van der Waals surface area contributed by atoms with Gasteiger partial charge in [0.2, 0.25) is 0 Å². The molecule has 1 aliphatic heterocycles. The molecule has 1 aliphatic rings. The van der Waals surface area contributed by atoms with E-state index in [-0.39, 0.29) is 5.82 Å². The molecule has 1 aromatic heterocycles. The Kier molecular flexibility index (Phi) is 4.94. The number of hydrogen-bond acceptors (Lipinski definition) is 4. The van der Waals surface area contributed by atoms with Gasteiger partial charge in [0, 0.05) is 43.8 Å². The maximum absolute atomic E-state index is 13.5. The number of hydrogen-bond donors (Lipinski definition) is 1. The zero-order valence-corrected chi connectivity index (χ0v) is 12.9. The molecule has 0 aliphatic carbocycles.